The Morgan fingerprint density at radius 1 is 1.06 bits per heavy atom. The van der Waals surface area contributed by atoms with E-state index in [4.69, 9.17) is 13.6 Å². The summed E-state index contributed by atoms with van der Waals surface area (Å²) in [7, 11) is 1.59. The molecule has 0 saturated carbocycles. The maximum Gasteiger partial charge on any atom is 0.291 e. The number of aryl methyl sites for hydroxylation is 2. The average molecular weight is 421 g/mol. The smallest absolute Gasteiger partial charge is 0.291 e. The van der Waals surface area contributed by atoms with E-state index in [0.717, 1.165) is 12.0 Å². The number of hydrogen-bond acceptors (Lipinski definition) is 6. The lowest BCUT2D eigenvalue weighted by Crippen LogP contribution is -2.22. The first kappa shape index (κ1) is 20.5. The van der Waals surface area contributed by atoms with Crippen LogP contribution in [0, 0.1) is 13.8 Å². The molecule has 0 spiro atoms. The molecular formula is C23H23N3O5. The SMILES string of the molecule is COc1ccc(NC(=O)c2oc3c(c2C)/C(=N/NC(=O)c2ccoc2C)CCC3)cc1. The van der Waals surface area contributed by atoms with E-state index in [2.05, 4.69) is 15.8 Å². The van der Waals surface area contributed by atoms with Crippen LogP contribution in [0.25, 0.3) is 0 Å². The fourth-order valence-electron chi connectivity index (χ4n) is 3.66. The van der Waals surface area contributed by atoms with E-state index in [1.165, 1.54) is 6.26 Å². The van der Waals surface area contributed by atoms with Crippen LogP contribution in [0.1, 0.15) is 56.4 Å². The normalized spacial score (nSPS) is 14.2. The van der Waals surface area contributed by atoms with E-state index in [0.29, 0.717) is 52.6 Å². The molecule has 2 amide bonds. The number of carbonyl (C=O) groups excluding carboxylic acids is 2. The van der Waals surface area contributed by atoms with E-state index in [1.54, 1.807) is 44.4 Å². The van der Waals surface area contributed by atoms with Crippen LogP contribution in [-0.4, -0.2) is 24.6 Å². The number of nitrogens with zero attached hydrogens (tertiary/aromatic N) is 1. The van der Waals surface area contributed by atoms with Gasteiger partial charge in [-0.05, 0) is 57.0 Å². The van der Waals surface area contributed by atoms with Gasteiger partial charge in [0.05, 0.1) is 24.6 Å². The lowest BCUT2D eigenvalue weighted by molar-refractivity contribution is 0.0952. The minimum atomic E-state index is -0.343. The fraction of sp³-hybridized carbons (Fsp3) is 0.261. The molecule has 2 N–H and O–H groups in total. The molecule has 2 aromatic heterocycles. The number of ether oxygens (including phenoxy) is 1. The van der Waals surface area contributed by atoms with Crippen molar-refractivity contribution in [2.24, 2.45) is 5.10 Å². The summed E-state index contributed by atoms with van der Waals surface area (Å²) < 4.78 is 16.2. The Bertz CT molecular complexity index is 1150. The van der Waals surface area contributed by atoms with Crippen molar-refractivity contribution in [2.45, 2.75) is 33.1 Å². The molecule has 0 saturated heterocycles. The van der Waals surface area contributed by atoms with Crippen LogP contribution in [-0.2, 0) is 6.42 Å². The van der Waals surface area contributed by atoms with Crippen molar-refractivity contribution in [1.29, 1.82) is 0 Å². The maximum absolute atomic E-state index is 12.8. The van der Waals surface area contributed by atoms with Gasteiger partial charge in [-0.2, -0.15) is 5.10 Å². The van der Waals surface area contributed by atoms with Gasteiger partial charge in [0, 0.05) is 23.2 Å². The van der Waals surface area contributed by atoms with Crippen LogP contribution in [0.15, 0.2) is 50.5 Å². The summed E-state index contributed by atoms with van der Waals surface area (Å²) in [5, 5.41) is 7.17. The number of methoxy groups -OCH3 is 1. The molecule has 0 radical (unpaired) electrons. The molecule has 2 heterocycles. The van der Waals surface area contributed by atoms with Gasteiger partial charge in [-0.1, -0.05) is 0 Å². The highest BCUT2D eigenvalue weighted by Crippen LogP contribution is 2.30. The van der Waals surface area contributed by atoms with Crippen molar-refractivity contribution in [3.05, 3.63) is 70.6 Å². The van der Waals surface area contributed by atoms with Crippen molar-refractivity contribution in [1.82, 2.24) is 5.43 Å². The molecule has 1 aliphatic rings. The lowest BCUT2D eigenvalue weighted by atomic mass is 9.93. The summed E-state index contributed by atoms with van der Waals surface area (Å²) in [6.45, 7) is 3.54. The second-order valence-electron chi connectivity index (χ2n) is 7.28. The zero-order valence-electron chi connectivity index (χ0n) is 17.6. The van der Waals surface area contributed by atoms with Crippen molar-refractivity contribution in [3.63, 3.8) is 0 Å². The predicted molar refractivity (Wildman–Crippen MR) is 115 cm³/mol. The highest BCUT2D eigenvalue weighted by molar-refractivity contribution is 6.09. The minimum Gasteiger partial charge on any atom is -0.497 e. The number of furan rings is 2. The highest BCUT2D eigenvalue weighted by atomic mass is 16.5. The number of nitrogens with one attached hydrogen (secondary N) is 2. The molecule has 8 nitrogen and oxygen atoms in total. The second kappa shape index (κ2) is 8.51. The molecule has 8 heteroatoms. The summed E-state index contributed by atoms with van der Waals surface area (Å²) in [4.78, 5) is 25.2. The van der Waals surface area contributed by atoms with Gasteiger partial charge in [0.25, 0.3) is 11.8 Å². The number of carbonyl (C=O) groups is 2. The third kappa shape index (κ3) is 4.09. The molecule has 0 aliphatic heterocycles. The Morgan fingerprint density at radius 2 is 1.84 bits per heavy atom. The van der Waals surface area contributed by atoms with Crippen LogP contribution in [0.5, 0.6) is 5.75 Å². The zero-order chi connectivity index (χ0) is 22.0. The van der Waals surface area contributed by atoms with Gasteiger partial charge in [0.2, 0.25) is 0 Å². The molecule has 4 rings (SSSR count). The monoisotopic (exact) mass is 421 g/mol. The second-order valence-corrected chi connectivity index (χ2v) is 7.28. The largest absolute Gasteiger partial charge is 0.497 e. The first-order chi connectivity index (χ1) is 15.0. The minimum absolute atomic E-state index is 0.243. The van der Waals surface area contributed by atoms with Gasteiger partial charge in [0.15, 0.2) is 5.76 Å². The lowest BCUT2D eigenvalue weighted by Gasteiger charge is -2.13. The number of rotatable bonds is 5. The van der Waals surface area contributed by atoms with Gasteiger partial charge in [-0.15, -0.1) is 0 Å². The molecule has 3 aromatic rings. The molecule has 31 heavy (non-hydrogen) atoms. The van der Waals surface area contributed by atoms with Crippen molar-refractivity contribution < 1.29 is 23.2 Å². The first-order valence-electron chi connectivity index (χ1n) is 9.97. The summed E-state index contributed by atoms with van der Waals surface area (Å²) in [5.74, 6) is 1.50. The Hall–Kier alpha value is -3.81. The summed E-state index contributed by atoms with van der Waals surface area (Å²) >= 11 is 0. The number of amides is 2. The van der Waals surface area contributed by atoms with Crippen molar-refractivity contribution >= 4 is 23.2 Å². The Kier molecular flexibility index (Phi) is 5.62. The molecule has 160 valence electrons. The van der Waals surface area contributed by atoms with Gasteiger partial charge in [-0.3, -0.25) is 9.59 Å². The third-order valence-corrected chi connectivity index (χ3v) is 5.28. The van der Waals surface area contributed by atoms with Crippen molar-refractivity contribution in [3.8, 4) is 5.75 Å². The van der Waals surface area contributed by atoms with E-state index in [1.807, 2.05) is 6.92 Å². The highest BCUT2D eigenvalue weighted by Gasteiger charge is 2.28. The quantitative estimate of drug-likeness (QED) is 0.600. The number of fused-ring (bicyclic) bond motifs is 1. The Labute approximate surface area is 179 Å². The van der Waals surface area contributed by atoms with Gasteiger partial charge in [0.1, 0.15) is 17.3 Å². The van der Waals surface area contributed by atoms with Gasteiger partial charge < -0.3 is 18.9 Å². The van der Waals surface area contributed by atoms with E-state index in [-0.39, 0.29) is 17.6 Å². The first-order valence-corrected chi connectivity index (χ1v) is 9.97. The number of hydrogen-bond donors (Lipinski definition) is 2. The molecule has 0 unspecified atom stereocenters. The van der Waals surface area contributed by atoms with Gasteiger partial charge in [-0.25, -0.2) is 5.43 Å². The van der Waals surface area contributed by atoms with Crippen LogP contribution >= 0.6 is 0 Å². The van der Waals surface area contributed by atoms with Crippen LogP contribution < -0.4 is 15.5 Å². The molecule has 0 atom stereocenters. The topological polar surface area (TPSA) is 106 Å². The Morgan fingerprint density at radius 3 is 2.52 bits per heavy atom. The van der Waals surface area contributed by atoms with E-state index >= 15 is 0 Å². The molecule has 0 fully saturated rings. The number of anilines is 1. The maximum atomic E-state index is 12.8. The summed E-state index contributed by atoms with van der Waals surface area (Å²) in [5.41, 5.74) is 5.84. The predicted octanol–water partition coefficient (Wildman–Crippen LogP) is 4.22. The van der Waals surface area contributed by atoms with E-state index < -0.39 is 0 Å². The molecule has 1 aliphatic carbocycles. The van der Waals surface area contributed by atoms with Gasteiger partial charge >= 0.3 is 0 Å². The van der Waals surface area contributed by atoms with Crippen LogP contribution in [0.3, 0.4) is 0 Å². The molecule has 1 aromatic carbocycles. The van der Waals surface area contributed by atoms with Crippen LogP contribution in [0.2, 0.25) is 0 Å². The summed E-state index contributed by atoms with van der Waals surface area (Å²) in [6, 6.07) is 8.65. The number of benzene rings is 1. The third-order valence-electron chi connectivity index (χ3n) is 5.28. The standard InChI is InChI=1S/C23H23N3O5/c1-13-20-18(25-26-22(27)17-11-12-30-14(17)2)5-4-6-19(20)31-21(13)23(28)24-15-7-9-16(29-3)10-8-15/h7-12H,4-6H2,1-3H3,(H,24,28)(H,26,27)/b25-18+. The van der Waals surface area contributed by atoms with Crippen LogP contribution in [0.4, 0.5) is 5.69 Å². The van der Waals surface area contributed by atoms with Crippen molar-refractivity contribution in [2.75, 3.05) is 12.4 Å². The zero-order valence-corrected chi connectivity index (χ0v) is 17.6. The summed E-state index contributed by atoms with van der Waals surface area (Å²) in [6.07, 6.45) is 3.67. The molecule has 0 bridgehead atoms. The van der Waals surface area contributed by atoms with E-state index in [9.17, 15) is 9.59 Å². The number of hydrazone groups is 1. The average Bonchev–Trinajstić information content (AvgIpc) is 3.36. The fourth-order valence-corrected chi connectivity index (χ4v) is 3.66. The molecular weight excluding hydrogens is 398 g/mol. The Balaban J connectivity index is 1.55.